The van der Waals surface area contributed by atoms with Crippen molar-refractivity contribution in [1.82, 2.24) is 9.88 Å². The Kier molecular flexibility index (Phi) is 3.62. The molecule has 0 saturated carbocycles. The van der Waals surface area contributed by atoms with Crippen LogP contribution in [0.2, 0.25) is 0 Å². The third-order valence-electron chi connectivity index (χ3n) is 2.60. The molecule has 2 rings (SSSR count). The minimum Gasteiger partial charge on any atom is -0.342 e. The predicted molar refractivity (Wildman–Crippen MR) is 69.7 cm³/mol. The van der Waals surface area contributed by atoms with Gasteiger partial charge in [0.15, 0.2) is 0 Å². The lowest BCUT2D eigenvalue weighted by molar-refractivity contribution is 0.699. The molecule has 0 atom stereocenters. The van der Waals surface area contributed by atoms with Crippen LogP contribution in [0.4, 0.5) is 0 Å². The van der Waals surface area contributed by atoms with Crippen molar-refractivity contribution in [3.05, 3.63) is 45.4 Å². The Labute approximate surface area is 105 Å². The molecule has 17 heavy (non-hydrogen) atoms. The largest absolute Gasteiger partial charge is 0.342 e. The molecule has 0 bridgehead atoms. The lowest BCUT2D eigenvalue weighted by Gasteiger charge is -2.00. The van der Waals surface area contributed by atoms with Crippen molar-refractivity contribution in [2.75, 3.05) is 0 Å². The van der Waals surface area contributed by atoms with Gasteiger partial charge in [0, 0.05) is 36.1 Å². The Morgan fingerprint density at radius 1 is 1.41 bits per heavy atom. The normalized spacial score (nSPS) is 10.4. The molecule has 88 valence electrons. The van der Waals surface area contributed by atoms with Crippen molar-refractivity contribution in [3.63, 3.8) is 0 Å². The number of hydrogen-bond donors (Lipinski definition) is 1. The third-order valence-corrected chi connectivity index (χ3v) is 3.60. The lowest BCUT2D eigenvalue weighted by atomic mass is 10.3. The van der Waals surface area contributed by atoms with Gasteiger partial charge >= 0.3 is 0 Å². The molecule has 0 saturated heterocycles. The molecule has 1 N–H and O–H groups in total. The molecule has 0 aliphatic heterocycles. The first kappa shape index (κ1) is 11.9. The average Bonchev–Trinajstić information content (AvgIpc) is 2.85. The molecule has 0 fully saturated rings. The maximum atomic E-state index is 8.85. The zero-order valence-corrected chi connectivity index (χ0v) is 10.8. The Morgan fingerprint density at radius 2 is 2.24 bits per heavy atom. The fourth-order valence-corrected chi connectivity index (χ4v) is 2.61. The number of rotatable bonds is 4. The summed E-state index contributed by atoms with van der Waals surface area (Å²) in [5.74, 6) is 0. The molecule has 3 nitrogen and oxygen atoms in total. The fraction of sp³-hybridized carbons (Fsp3) is 0.308. The van der Waals surface area contributed by atoms with Crippen molar-refractivity contribution in [3.8, 4) is 6.07 Å². The molecule has 4 heteroatoms. The number of nitrogens with one attached hydrogen (secondary N) is 1. The highest BCUT2D eigenvalue weighted by Crippen LogP contribution is 2.14. The van der Waals surface area contributed by atoms with Gasteiger partial charge in [0.05, 0.1) is 0 Å². The second-order valence-corrected chi connectivity index (χ2v) is 5.44. The van der Waals surface area contributed by atoms with Gasteiger partial charge in [-0.1, -0.05) is 0 Å². The Balaban J connectivity index is 1.88. The molecule has 0 unspecified atom stereocenters. The first-order chi connectivity index (χ1) is 8.19. The van der Waals surface area contributed by atoms with Crippen molar-refractivity contribution in [2.45, 2.75) is 20.0 Å². The van der Waals surface area contributed by atoms with Gasteiger partial charge in [0.1, 0.15) is 11.8 Å². The van der Waals surface area contributed by atoms with E-state index in [1.807, 2.05) is 35.2 Å². The molecular formula is C13H15N3S. The second-order valence-electron chi connectivity index (χ2n) is 4.07. The number of nitriles is 1. The summed E-state index contributed by atoms with van der Waals surface area (Å²) in [6, 6.07) is 8.38. The van der Waals surface area contributed by atoms with Crippen LogP contribution in [-0.4, -0.2) is 4.57 Å². The number of thiophene rings is 1. The van der Waals surface area contributed by atoms with E-state index in [0.29, 0.717) is 5.69 Å². The highest BCUT2D eigenvalue weighted by molar-refractivity contribution is 7.11. The molecule has 2 aromatic rings. The summed E-state index contributed by atoms with van der Waals surface area (Å²) in [6.45, 7) is 3.80. The lowest BCUT2D eigenvalue weighted by Crippen LogP contribution is -2.11. The van der Waals surface area contributed by atoms with E-state index in [9.17, 15) is 0 Å². The topological polar surface area (TPSA) is 40.8 Å². The minimum atomic E-state index is 0.703. The standard InChI is InChI=1S/C13H15N3S/c1-10-3-4-13(17-10)8-15-7-11-5-12(6-14)16(2)9-11/h3-5,9,15H,7-8H2,1-2H3. The second kappa shape index (κ2) is 5.17. The number of nitrogens with zero attached hydrogens (tertiary/aromatic N) is 2. The maximum Gasteiger partial charge on any atom is 0.120 e. The monoisotopic (exact) mass is 245 g/mol. The van der Waals surface area contributed by atoms with Crippen LogP contribution in [-0.2, 0) is 20.1 Å². The highest BCUT2D eigenvalue weighted by Gasteiger charge is 2.02. The van der Waals surface area contributed by atoms with Crippen molar-refractivity contribution in [2.24, 2.45) is 7.05 Å². The highest BCUT2D eigenvalue weighted by atomic mass is 32.1. The quantitative estimate of drug-likeness (QED) is 0.899. The van der Waals surface area contributed by atoms with Gasteiger partial charge in [-0.2, -0.15) is 5.26 Å². The van der Waals surface area contributed by atoms with Crippen LogP contribution in [0.1, 0.15) is 21.0 Å². The molecule has 0 aliphatic rings. The first-order valence-electron chi connectivity index (χ1n) is 5.50. The van der Waals surface area contributed by atoms with Crippen LogP contribution < -0.4 is 5.32 Å². The van der Waals surface area contributed by atoms with Crippen LogP contribution in [0, 0.1) is 18.3 Å². The van der Waals surface area contributed by atoms with Crippen molar-refractivity contribution >= 4 is 11.3 Å². The molecule has 0 aromatic carbocycles. The minimum absolute atomic E-state index is 0.703. The number of hydrogen-bond acceptors (Lipinski definition) is 3. The van der Waals surface area contributed by atoms with E-state index in [1.165, 1.54) is 9.75 Å². The summed E-state index contributed by atoms with van der Waals surface area (Å²) >= 11 is 1.82. The number of aromatic nitrogens is 1. The summed E-state index contributed by atoms with van der Waals surface area (Å²) in [6.07, 6.45) is 1.99. The summed E-state index contributed by atoms with van der Waals surface area (Å²) < 4.78 is 1.85. The molecule has 2 aromatic heterocycles. The zero-order chi connectivity index (χ0) is 12.3. The van der Waals surface area contributed by atoms with Crippen LogP contribution in [0.3, 0.4) is 0 Å². The van der Waals surface area contributed by atoms with Crippen molar-refractivity contribution < 1.29 is 0 Å². The van der Waals surface area contributed by atoms with Gasteiger partial charge in [-0.15, -0.1) is 11.3 Å². The molecule has 0 spiro atoms. The Bertz CT molecular complexity index is 545. The van der Waals surface area contributed by atoms with E-state index in [1.54, 1.807) is 0 Å². The fourth-order valence-electron chi connectivity index (χ4n) is 1.75. The number of aryl methyl sites for hydroxylation is 2. The van der Waals surface area contributed by atoms with E-state index in [4.69, 9.17) is 5.26 Å². The molecule has 0 aliphatic carbocycles. The van der Waals surface area contributed by atoms with E-state index in [-0.39, 0.29) is 0 Å². The summed E-state index contributed by atoms with van der Waals surface area (Å²) in [5.41, 5.74) is 1.85. The van der Waals surface area contributed by atoms with Gasteiger partial charge in [-0.25, -0.2) is 0 Å². The zero-order valence-electron chi connectivity index (χ0n) is 10.0. The van der Waals surface area contributed by atoms with Gasteiger partial charge < -0.3 is 9.88 Å². The van der Waals surface area contributed by atoms with Crippen LogP contribution in [0.25, 0.3) is 0 Å². The van der Waals surface area contributed by atoms with Crippen LogP contribution in [0.15, 0.2) is 24.4 Å². The molecule has 0 amide bonds. The van der Waals surface area contributed by atoms with E-state index < -0.39 is 0 Å². The third kappa shape index (κ3) is 2.96. The van der Waals surface area contributed by atoms with Gasteiger partial charge in [-0.05, 0) is 30.7 Å². The van der Waals surface area contributed by atoms with Crippen LogP contribution in [0.5, 0.6) is 0 Å². The van der Waals surface area contributed by atoms with Gasteiger partial charge in [-0.3, -0.25) is 0 Å². The summed E-state index contributed by atoms with van der Waals surface area (Å²) in [5, 5.41) is 12.2. The molecule has 0 radical (unpaired) electrons. The first-order valence-corrected chi connectivity index (χ1v) is 6.32. The maximum absolute atomic E-state index is 8.85. The molecule has 2 heterocycles. The summed E-state index contributed by atoms with van der Waals surface area (Å²) in [4.78, 5) is 2.69. The van der Waals surface area contributed by atoms with E-state index >= 15 is 0 Å². The summed E-state index contributed by atoms with van der Waals surface area (Å²) in [7, 11) is 1.89. The average molecular weight is 245 g/mol. The van der Waals surface area contributed by atoms with Gasteiger partial charge in [0.25, 0.3) is 0 Å². The SMILES string of the molecule is Cc1ccc(CNCc2cc(C#N)n(C)c2)s1. The van der Waals surface area contributed by atoms with E-state index in [2.05, 4.69) is 30.4 Å². The molecular weight excluding hydrogens is 230 g/mol. The Hall–Kier alpha value is -1.57. The van der Waals surface area contributed by atoms with Crippen molar-refractivity contribution in [1.29, 1.82) is 5.26 Å². The smallest absolute Gasteiger partial charge is 0.120 e. The predicted octanol–water partition coefficient (Wildman–Crippen LogP) is 2.56. The Morgan fingerprint density at radius 3 is 2.82 bits per heavy atom. The van der Waals surface area contributed by atoms with Crippen LogP contribution >= 0.6 is 11.3 Å². The van der Waals surface area contributed by atoms with Gasteiger partial charge in [0.2, 0.25) is 0 Å². The van der Waals surface area contributed by atoms with E-state index in [0.717, 1.165) is 18.7 Å².